The minimum Gasteiger partial charge on any atom is -0.494 e. The van der Waals surface area contributed by atoms with Gasteiger partial charge in [0.25, 0.3) is 0 Å². The number of hydrogen-bond donors (Lipinski definition) is 3. The number of carbonyl (C=O) groups is 1. The van der Waals surface area contributed by atoms with Crippen LogP contribution in [0.3, 0.4) is 0 Å². The van der Waals surface area contributed by atoms with Gasteiger partial charge in [-0.1, -0.05) is 32.6 Å². The third-order valence-electron chi connectivity index (χ3n) is 6.73. The van der Waals surface area contributed by atoms with E-state index in [2.05, 4.69) is 32.4 Å². The lowest BCUT2D eigenvalue weighted by molar-refractivity contribution is -0.111. The Morgan fingerprint density at radius 3 is 2.33 bits per heavy atom. The van der Waals surface area contributed by atoms with Gasteiger partial charge in [0.15, 0.2) is 0 Å². The maximum Gasteiger partial charge on any atom is 0.247 e. The second-order valence-electron chi connectivity index (χ2n) is 10.6. The number of aromatic nitrogens is 2. The van der Waals surface area contributed by atoms with E-state index in [1.54, 1.807) is 37.6 Å². The molecular formula is C30H42N8O4S. The minimum atomic E-state index is -3.49. The molecule has 0 aliphatic rings. The van der Waals surface area contributed by atoms with Crippen molar-refractivity contribution in [1.29, 1.82) is 0 Å². The first-order valence-electron chi connectivity index (χ1n) is 13.7. The highest BCUT2D eigenvalue weighted by Gasteiger charge is 2.20. The molecule has 3 rings (SSSR count). The monoisotopic (exact) mass is 610 g/mol. The summed E-state index contributed by atoms with van der Waals surface area (Å²) in [6.07, 6.45) is 4.09. The Kier molecular flexibility index (Phi) is 11.0. The number of likely N-dealkylation sites (N-methyl/N-ethyl adjacent to an activating group) is 2. The molecule has 43 heavy (non-hydrogen) atoms. The lowest BCUT2D eigenvalue weighted by Crippen LogP contribution is -2.29. The Bertz CT molecular complexity index is 1560. The molecule has 3 N–H and O–H groups in total. The smallest absolute Gasteiger partial charge is 0.247 e. The Hall–Kier alpha value is -4.36. The molecule has 1 heterocycles. The van der Waals surface area contributed by atoms with Gasteiger partial charge in [-0.25, -0.2) is 13.4 Å². The first kappa shape index (κ1) is 33.1. The van der Waals surface area contributed by atoms with Gasteiger partial charge in [0, 0.05) is 45.0 Å². The number of methoxy groups -OCH3 is 1. The maximum absolute atomic E-state index is 12.3. The SMILES string of the molecule is C=CC(=O)Nc1cc(Nc2ncc(C(C)C)c(Nc3ccccc3N(C)S(C)(=O)=O)n2)c(OC)cc1N(C)CCN(C)C. The number of para-hydroxylation sites is 2. The van der Waals surface area contributed by atoms with Gasteiger partial charge in [-0.3, -0.25) is 9.10 Å². The largest absolute Gasteiger partial charge is 0.494 e. The number of ether oxygens (including phenoxy) is 1. The quantitative estimate of drug-likeness (QED) is 0.222. The van der Waals surface area contributed by atoms with Gasteiger partial charge in [-0.15, -0.1) is 0 Å². The summed E-state index contributed by atoms with van der Waals surface area (Å²) in [6, 6.07) is 10.7. The molecule has 0 radical (unpaired) electrons. The van der Waals surface area contributed by atoms with Crippen LogP contribution < -0.4 is 29.9 Å². The fraction of sp³-hybridized carbons (Fsp3) is 0.367. The van der Waals surface area contributed by atoms with Gasteiger partial charge in [0.1, 0.15) is 11.6 Å². The second-order valence-corrected chi connectivity index (χ2v) is 12.7. The van der Waals surface area contributed by atoms with Crippen LogP contribution in [0.25, 0.3) is 0 Å². The lowest BCUT2D eigenvalue weighted by atomic mass is 10.1. The van der Waals surface area contributed by atoms with Crippen LogP contribution >= 0.6 is 0 Å². The molecule has 12 nitrogen and oxygen atoms in total. The number of amides is 1. The van der Waals surface area contributed by atoms with E-state index >= 15 is 0 Å². The van der Waals surface area contributed by atoms with Crippen LogP contribution in [0.5, 0.6) is 5.75 Å². The van der Waals surface area contributed by atoms with Crippen molar-refractivity contribution in [3.63, 3.8) is 0 Å². The third kappa shape index (κ3) is 8.58. The number of rotatable bonds is 14. The van der Waals surface area contributed by atoms with Crippen LogP contribution in [0.1, 0.15) is 25.3 Å². The summed E-state index contributed by atoms with van der Waals surface area (Å²) < 4.78 is 31.5. The first-order valence-corrected chi connectivity index (χ1v) is 15.5. The van der Waals surface area contributed by atoms with E-state index in [0.29, 0.717) is 40.9 Å². The number of hydrogen-bond acceptors (Lipinski definition) is 10. The van der Waals surface area contributed by atoms with Crippen molar-refractivity contribution >= 4 is 56.1 Å². The topological polar surface area (TPSA) is 132 Å². The normalized spacial score (nSPS) is 11.3. The molecule has 13 heteroatoms. The predicted octanol–water partition coefficient (Wildman–Crippen LogP) is 4.61. The summed E-state index contributed by atoms with van der Waals surface area (Å²) in [5.41, 5.74) is 3.75. The number of carbonyl (C=O) groups excluding carboxylic acids is 1. The molecule has 0 unspecified atom stereocenters. The lowest BCUT2D eigenvalue weighted by Gasteiger charge is -2.26. The summed E-state index contributed by atoms with van der Waals surface area (Å²) in [5, 5.41) is 9.43. The molecule has 2 aromatic carbocycles. The Morgan fingerprint density at radius 2 is 1.72 bits per heavy atom. The van der Waals surface area contributed by atoms with Crippen LogP contribution in [-0.4, -0.2) is 83.8 Å². The molecule has 1 amide bonds. The average molecular weight is 611 g/mol. The van der Waals surface area contributed by atoms with Crippen molar-refractivity contribution < 1.29 is 17.9 Å². The van der Waals surface area contributed by atoms with Gasteiger partial charge in [-0.05, 0) is 44.3 Å². The third-order valence-corrected chi connectivity index (χ3v) is 7.93. The molecule has 1 aromatic heterocycles. The van der Waals surface area contributed by atoms with Crippen molar-refractivity contribution in [3.8, 4) is 5.75 Å². The fourth-order valence-corrected chi connectivity index (χ4v) is 4.68. The van der Waals surface area contributed by atoms with E-state index in [9.17, 15) is 13.2 Å². The van der Waals surface area contributed by atoms with Gasteiger partial charge >= 0.3 is 0 Å². The van der Waals surface area contributed by atoms with Gasteiger partial charge in [0.2, 0.25) is 21.9 Å². The Morgan fingerprint density at radius 1 is 1.02 bits per heavy atom. The van der Waals surface area contributed by atoms with Crippen molar-refractivity contribution in [3.05, 3.63) is 60.8 Å². The molecule has 0 spiro atoms. The van der Waals surface area contributed by atoms with Crippen molar-refractivity contribution in [2.24, 2.45) is 0 Å². The predicted molar refractivity (Wildman–Crippen MR) is 176 cm³/mol. The van der Waals surface area contributed by atoms with E-state index in [1.807, 2.05) is 52.0 Å². The number of sulfonamides is 1. The molecule has 0 fully saturated rings. The zero-order chi connectivity index (χ0) is 31.9. The van der Waals surface area contributed by atoms with Crippen LogP contribution in [0.4, 0.5) is 40.2 Å². The summed E-state index contributed by atoms with van der Waals surface area (Å²) in [7, 11) is 5.52. The summed E-state index contributed by atoms with van der Waals surface area (Å²) >= 11 is 0. The molecular weight excluding hydrogens is 568 g/mol. The average Bonchev–Trinajstić information content (AvgIpc) is 2.95. The molecule has 232 valence electrons. The van der Waals surface area contributed by atoms with E-state index < -0.39 is 10.0 Å². The zero-order valence-electron chi connectivity index (χ0n) is 26.1. The van der Waals surface area contributed by atoms with Gasteiger partial charge < -0.3 is 30.5 Å². The van der Waals surface area contributed by atoms with Gasteiger partial charge in [0.05, 0.1) is 41.8 Å². The molecule has 0 bridgehead atoms. The van der Waals surface area contributed by atoms with Crippen molar-refractivity contribution in [1.82, 2.24) is 14.9 Å². The van der Waals surface area contributed by atoms with Crippen LogP contribution in [0.2, 0.25) is 0 Å². The van der Waals surface area contributed by atoms with E-state index in [0.717, 1.165) is 24.1 Å². The maximum atomic E-state index is 12.3. The first-order chi connectivity index (χ1) is 20.2. The van der Waals surface area contributed by atoms with Crippen LogP contribution in [0, 0.1) is 0 Å². The van der Waals surface area contributed by atoms with Gasteiger partial charge in [-0.2, -0.15) is 4.98 Å². The van der Waals surface area contributed by atoms with Crippen LogP contribution in [0.15, 0.2) is 55.3 Å². The summed E-state index contributed by atoms with van der Waals surface area (Å²) in [4.78, 5) is 25.7. The molecule has 0 aliphatic heterocycles. The van der Waals surface area contributed by atoms with Crippen molar-refractivity contribution in [2.45, 2.75) is 19.8 Å². The highest BCUT2D eigenvalue weighted by atomic mass is 32.2. The summed E-state index contributed by atoms with van der Waals surface area (Å²) in [5.74, 6) is 1.04. The summed E-state index contributed by atoms with van der Waals surface area (Å²) in [6.45, 7) is 9.14. The van der Waals surface area contributed by atoms with E-state index in [4.69, 9.17) is 9.72 Å². The van der Waals surface area contributed by atoms with Crippen LogP contribution in [-0.2, 0) is 14.8 Å². The standard InChI is InChI=1S/C30H42N8O4S/c1-10-28(39)32-23-17-24(27(42-8)18-26(23)37(6)16-15-36(4)5)34-30-31-19-21(20(2)3)29(35-30)33-22-13-11-12-14-25(22)38(7)43(9,40)41/h10-14,17-20H,1,15-16H2,2-9H3,(H,32,39)(H2,31,33,34,35). The molecule has 0 saturated heterocycles. The Labute approximate surface area is 254 Å². The Balaban J connectivity index is 2.05. The molecule has 0 saturated carbocycles. The molecule has 0 atom stereocenters. The van der Waals surface area contributed by atoms with E-state index in [1.165, 1.54) is 17.4 Å². The molecule has 0 aliphatic carbocycles. The zero-order valence-corrected chi connectivity index (χ0v) is 26.9. The highest BCUT2D eigenvalue weighted by Crippen LogP contribution is 2.38. The number of benzene rings is 2. The number of nitrogens with zero attached hydrogens (tertiary/aromatic N) is 5. The molecule has 3 aromatic rings. The highest BCUT2D eigenvalue weighted by molar-refractivity contribution is 7.92. The second kappa shape index (κ2) is 14.2. The van der Waals surface area contributed by atoms with Crippen molar-refractivity contribution in [2.75, 3.05) is 79.8 Å². The number of anilines is 7. The van der Waals surface area contributed by atoms with E-state index in [-0.39, 0.29) is 17.8 Å². The fourth-order valence-electron chi connectivity index (χ4n) is 4.16. The minimum absolute atomic E-state index is 0.0728. The number of nitrogens with one attached hydrogen (secondary N) is 3.